The van der Waals surface area contributed by atoms with Crippen LogP contribution in [0.25, 0.3) is 0 Å². The summed E-state index contributed by atoms with van der Waals surface area (Å²) in [6, 6.07) is 14.4. The molecule has 0 fully saturated rings. The van der Waals surface area contributed by atoms with Crippen molar-refractivity contribution in [3.63, 3.8) is 0 Å². The molecule has 1 heterocycles. The molecule has 0 aliphatic rings. The second-order valence-corrected chi connectivity index (χ2v) is 6.42. The molecule has 7 nitrogen and oxygen atoms in total. The highest BCUT2D eigenvalue weighted by Crippen LogP contribution is 2.35. The van der Waals surface area contributed by atoms with Crippen LogP contribution in [0.15, 0.2) is 54.7 Å². The monoisotopic (exact) mass is 378 g/mol. The van der Waals surface area contributed by atoms with Crippen molar-refractivity contribution in [3.05, 3.63) is 65.9 Å². The average Bonchev–Trinajstić information content (AvgIpc) is 2.70. The lowest BCUT2D eigenvalue weighted by Crippen LogP contribution is -2.14. The third kappa shape index (κ3) is 4.37. The van der Waals surface area contributed by atoms with Crippen LogP contribution in [0.1, 0.15) is 35.7 Å². The number of rotatable bonds is 6. The van der Waals surface area contributed by atoms with E-state index in [0.29, 0.717) is 17.1 Å². The minimum Gasteiger partial charge on any atom is -0.497 e. The fraction of sp³-hybridized carbons (Fsp3) is 0.190. The molecule has 0 aliphatic heterocycles. The molecule has 3 rings (SSSR count). The summed E-state index contributed by atoms with van der Waals surface area (Å²) in [5.41, 5.74) is 7.49. The summed E-state index contributed by atoms with van der Waals surface area (Å²) in [4.78, 5) is 20.5. The molecule has 144 valence electrons. The van der Waals surface area contributed by atoms with Gasteiger partial charge in [0.05, 0.1) is 13.3 Å². The molecule has 1 amide bonds. The summed E-state index contributed by atoms with van der Waals surface area (Å²) in [7, 11) is 1.62. The second-order valence-electron chi connectivity index (χ2n) is 6.42. The maximum Gasteiger partial charge on any atom is 0.258 e. The van der Waals surface area contributed by atoms with Gasteiger partial charge < -0.3 is 15.2 Å². The minimum absolute atomic E-state index is 0.109. The number of anilines is 2. The van der Waals surface area contributed by atoms with Gasteiger partial charge in [0.1, 0.15) is 11.5 Å². The van der Waals surface area contributed by atoms with Crippen LogP contribution >= 0.6 is 0 Å². The summed E-state index contributed by atoms with van der Waals surface area (Å²) in [5, 5.41) is 2.62. The SMILES string of the molecule is COc1ccc(Oc2cnc(NC(=O)c3ccccc3)nc2N)c(C(C)C)c1. The van der Waals surface area contributed by atoms with E-state index in [-0.39, 0.29) is 23.6 Å². The Bertz CT molecular complexity index is 975. The highest BCUT2D eigenvalue weighted by molar-refractivity contribution is 6.03. The smallest absolute Gasteiger partial charge is 0.258 e. The predicted octanol–water partition coefficient (Wildman–Crippen LogP) is 4.24. The number of nitrogens with two attached hydrogens (primary N) is 1. The van der Waals surface area contributed by atoms with Crippen LogP contribution in [-0.2, 0) is 0 Å². The van der Waals surface area contributed by atoms with Crippen LogP contribution in [0.5, 0.6) is 17.2 Å². The Morgan fingerprint density at radius 2 is 1.86 bits per heavy atom. The molecular formula is C21H22N4O3. The number of methoxy groups -OCH3 is 1. The zero-order valence-electron chi connectivity index (χ0n) is 16.0. The third-order valence-electron chi connectivity index (χ3n) is 4.10. The van der Waals surface area contributed by atoms with Gasteiger partial charge in [-0.25, -0.2) is 4.98 Å². The van der Waals surface area contributed by atoms with Gasteiger partial charge in [0.25, 0.3) is 5.91 Å². The quantitative estimate of drug-likeness (QED) is 0.666. The van der Waals surface area contributed by atoms with Crippen LogP contribution < -0.4 is 20.5 Å². The Hall–Kier alpha value is -3.61. The molecule has 0 radical (unpaired) electrons. The first-order valence-corrected chi connectivity index (χ1v) is 8.82. The first-order valence-electron chi connectivity index (χ1n) is 8.82. The number of ether oxygens (including phenoxy) is 2. The molecule has 0 atom stereocenters. The number of nitrogens with zero attached hydrogens (tertiary/aromatic N) is 2. The highest BCUT2D eigenvalue weighted by Gasteiger charge is 2.14. The van der Waals surface area contributed by atoms with E-state index in [0.717, 1.165) is 11.3 Å². The number of carbonyl (C=O) groups excluding carboxylic acids is 1. The standard InChI is InChI=1S/C21H22N4O3/c1-13(2)16-11-15(27-3)9-10-17(16)28-18-12-23-21(24-19(18)22)25-20(26)14-7-5-4-6-8-14/h4-13H,1-3H3,(H3,22,23,24,25,26). The Balaban J connectivity index is 1.79. The zero-order chi connectivity index (χ0) is 20.1. The van der Waals surface area contributed by atoms with Crippen LogP contribution in [0, 0.1) is 0 Å². The van der Waals surface area contributed by atoms with Crippen LogP contribution in [0.3, 0.4) is 0 Å². The number of amides is 1. The van der Waals surface area contributed by atoms with Gasteiger partial charge in [0.15, 0.2) is 11.6 Å². The van der Waals surface area contributed by atoms with E-state index in [1.165, 1.54) is 6.20 Å². The van der Waals surface area contributed by atoms with Crippen molar-refractivity contribution < 1.29 is 14.3 Å². The van der Waals surface area contributed by atoms with E-state index in [2.05, 4.69) is 29.1 Å². The molecule has 0 saturated heterocycles. The van der Waals surface area contributed by atoms with Crippen molar-refractivity contribution in [3.8, 4) is 17.2 Å². The first-order chi connectivity index (χ1) is 13.5. The zero-order valence-corrected chi connectivity index (χ0v) is 16.0. The number of carbonyl (C=O) groups is 1. The van der Waals surface area contributed by atoms with Gasteiger partial charge in [-0.05, 0) is 36.2 Å². The first kappa shape index (κ1) is 19.2. The molecule has 1 aromatic heterocycles. The van der Waals surface area contributed by atoms with Crippen molar-refractivity contribution in [1.29, 1.82) is 0 Å². The van der Waals surface area contributed by atoms with Crippen molar-refractivity contribution in [1.82, 2.24) is 9.97 Å². The summed E-state index contributed by atoms with van der Waals surface area (Å²) in [6.45, 7) is 4.12. The van der Waals surface area contributed by atoms with Gasteiger partial charge in [-0.15, -0.1) is 0 Å². The maximum atomic E-state index is 12.2. The number of nitrogen functional groups attached to an aromatic ring is 1. The number of benzene rings is 2. The number of hydrogen-bond donors (Lipinski definition) is 2. The highest BCUT2D eigenvalue weighted by atomic mass is 16.5. The second kappa shape index (κ2) is 8.39. The maximum absolute atomic E-state index is 12.2. The van der Waals surface area contributed by atoms with Gasteiger partial charge in [-0.3, -0.25) is 10.1 Å². The van der Waals surface area contributed by atoms with Gasteiger partial charge in [0.2, 0.25) is 5.95 Å². The number of hydrogen-bond acceptors (Lipinski definition) is 6. The molecule has 0 bridgehead atoms. The fourth-order valence-corrected chi connectivity index (χ4v) is 2.60. The van der Waals surface area contributed by atoms with E-state index in [9.17, 15) is 4.79 Å². The molecule has 2 aromatic carbocycles. The Kier molecular flexibility index (Phi) is 5.74. The van der Waals surface area contributed by atoms with E-state index < -0.39 is 0 Å². The van der Waals surface area contributed by atoms with Crippen LogP contribution in [0.2, 0.25) is 0 Å². The lowest BCUT2D eigenvalue weighted by atomic mass is 10.0. The normalized spacial score (nSPS) is 10.6. The summed E-state index contributed by atoms with van der Waals surface area (Å²) >= 11 is 0. The van der Waals surface area contributed by atoms with Gasteiger partial charge >= 0.3 is 0 Å². The molecule has 28 heavy (non-hydrogen) atoms. The molecule has 0 spiro atoms. The lowest BCUT2D eigenvalue weighted by molar-refractivity contribution is 0.102. The van der Waals surface area contributed by atoms with Crippen LogP contribution in [-0.4, -0.2) is 23.0 Å². The minimum atomic E-state index is -0.314. The molecule has 0 aliphatic carbocycles. The van der Waals surface area contributed by atoms with Crippen LogP contribution in [0.4, 0.5) is 11.8 Å². The number of aromatic nitrogens is 2. The molecule has 3 N–H and O–H groups in total. The van der Waals surface area contributed by atoms with Gasteiger partial charge in [-0.1, -0.05) is 32.0 Å². The topological polar surface area (TPSA) is 99.4 Å². The van der Waals surface area contributed by atoms with Gasteiger partial charge in [0, 0.05) is 11.1 Å². The number of nitrogens with one attached hydrogen (secondary N) is 1. The van der Waals surface area contributed by atoms with E-state index in [1.807, 2.05) is 24.3 Å². The fourth-order valence-electron chi connectivity index (χ4n) is 2.60. The predicted molar refractivity (Wildman–Crippen MR) is 108 cm³/mol. The molecule has 0 unspecified atom stereocenters. The molecular weight excluding hydrogens is 356 g/mol. The van der Waals surface area contributed by atoms with E-state index in [4.69, 9.17) is 15.2 Å². The molecule has 3 aromatic rings. The lowest BCUT2D eigenvalue weighted by Gasteiger charge is -2.16. The van der Waals surface area contributed by atoms with Crippen molar-refractivity contribution in [2.24, 2.45) is 0 Å². The Morgan fingerprint density at radius 1 is 1.11 bits per heavy atom. The largest absolute Gasteiger partial charge is 0.497 e. The van der Waals surface area contributed by atoms with Gasteiger partial charge in [-0.2, -0.15) is 4.98 Å². The molecule has 0 saturated carbocycles. The van der Waals surface area contributed by atoms with Crippen molar-refractivity contribution >= 4 is 17.7 Å². The summed E-state index contributed by atoms with van der Waals surface area (Å²) in [5.74, 6) is 1.85. The summed E-state index contributed by atoms with van der Waals surface area (Å²) in [6.07, 6.45) is 1.44. The van der Waals surface area contributed by atoms with E-state index in [1.54, 1.807) is 31.4 Å². The Morgan fingerprint density at radius 3 is 2.50 bits per heavy atom. The summed E-state index contributed by atoms with van der Waals surface area (Å²) < 4.78 is 11.2. The third-order valence-corrected chi connectivity index (χ3v) is 4.10. The van der Waals surface area contributed by atoms with Crippen molar-refractivity contribution in [2.45, 2.75) is 19.8 Å². The Labute approximate surface area is 163 Å². The average molecular weight is 378 g/mol. The van der Waals surface area contributed by atoms with E-state index >= 15 is 0 Å². The molecule has 7 heteroatoms. The van der Waals surface area contributed by atoms with Crippen molar-refractivity contribution in [2.75, 3.05) is 18.2 Å².